The van der Waals surface area contributed by atoms with E-state index in [4.69, 9.17) is 9.47 Å². The molecule has 1 aromatic rings. The average Bonchev–Trinajstić information content (AvgIpc) is 2.62. The molecule has 0 aromatic carbocycles. The maximum Gasteiger partial charge on any atom is 0.327 e. The van der Waals surface area contributed by atoms with E-state index in [0.717, 1.165) is 0 Å². The summed E-state index contributed by atoms with van der Waals surface area (Å²) >= 11 is 0. The van der Waals surface area contributed by atoms with Crippen LogP contribution in [0.1, 0.15) is 39.1 Å². The number of carbonyl (C=O) groups excluding carboxylic acids is 2. The molecule has 1 aromatic heterocycles. The van der Waals surface area contributed by atoms with E-state index in [1.54, 1.807) is 39.8 Å². The number of hydrazone groups is 2. The standard InChI is InChI=1S/C17H25N5O4/c1-5-25-16(23)10-18-21-12(3)14-8-7-9-15(20-14)13(4)22-19-11-17(24)26-6-2/h7-9,18-19H,5-6,10-11H2,1-4H3/b21-12+,22-13+. The van der Waals surface area contributed by atoms with Gasteiger partial charge in [0.15, 0.2) is 0 Å². The zero-order valence-electron chi connectivity index (χ0n) is 15.5. The van der Waals surface area contributed by atoms with Crippen LogP contribution in [-0.2, 0) is 19.1 Å². The van der Waals surface area contributed by atoms with E-state index in [9.17, 15) is 9.59 Å². The predicted octanol–water partition coefficient (Wildman–Crippen LogP) is 0.835. The summed E-state index contributed by atoms with van der Waals surface area (Å²) < 4.78 is 9.62. The topological polar surface area (TPSA) is 114 Å². The zero-order chi connectivity index (χ0) is 19.4. The molecule has 26 heavy (non-hydrogen) atoms. The second kappa shape index (κ2) is 11.6. The van der Waals surface area contributed by atoms with Gasteiger partial charge in [-0.3, -0.25) is 20.4 Å². The summed E-state index contributed by atoms with van der Waals surface area (Å²) in [6.07, 6.45) is 0. The monoisotopic (exact) mass is 363 g/mol. The second-order valence-electron chi connectivity index (χ2n) is 5.08. The van der Waals surface area contributed by atoms with Crippen molar-refractivity contribution in [3.8, 4) is 0 Å². The van der Waals surface area contributed by atoms with Crippen LogP contribution in [0.25, 0.3) is 0 Å². The van der Waals surface area contributed by atoms with Crippen molar-refractivity contribution in [2.24, 2.45) is 10.2 Å². The Morgan fingerprint density at radius 2 is 1.35 bits per heavy atom. The molecule has 0 saturated carbocycles. The van der Waals surface area contributed by atoms with Gasteiger partial charge >= 0.3 is 11.9 Å². The summed E-state index contributed by atoms with van der Waals surface area (Å²) in [6.45, 7) is 7.67. The summed E-state index contributed by atoms with van der Waals surface area (Å²) in [5.74, 6) is -0.747. The largest absolute Gasteiger partial charge is 0.465 e. The van der Waals surface area contributed by atoms with E-state index in [-0.39, 0.29) is 25.0 Å². The summed E-state index contributed by atoms with van der Waals surface area (Å²) in [5.41, 5.74) is 7.81. The highest BCUT2D eigenvalue weighted by atomic mass is 16.5. The Balaban J connectivity index is 2.68. The first-order valence-corrected chi connectivity index (χ1v) is 8.31. The molecule has 0 spiro atoms. The number of hydrogen-bond acceptors (Lipinski definition) is 9. The number of pyridine rings is 1. The highest BCUT2D eigenvalue weighted by molar-refractivity contribution is 6.00. The molecule has 1 rings (SSSR count). The minimum absolute atomic E-state index is 0.0108. The molecule has 0 bridgehead atoms. The Labute approximate surface area is 152 Å². The van der Waals surface area contributed by atoms with Crippen LogP contribution in [0.4, 0.5) is 0 Å². The number of ether oxygens (including phenoxy) is 2. The molecule has 0 amide bonds. The molecule has 9 heteroatoms. The van der Waals surface area contributed by atoms with Crippen molar-refractivity contribution in [1.82, 2.24) is 15.8 Å². The first-order chi connectivity index (χ1) is 12.5. The lowest BCUT2D eigenvalue weighted by molar-refractivity contribution is -0.142. The van der Waals surface area contributed by atoms with Crippen molar-refractivity contribution in [3.63, 3.8) is 0 Å². The van der Waals surface area contributed by atoms with Crippen LogP contribution in [0, 0.1) is 0 Å². The molecule has 2 N–H and O–H groups in total. The van der Waals surface area contributed by atoms with Gasteiger partial charge in [-0.2, -0.15) is 10.2 Å². The van der Waals surface area contributed by atoms with Crippen LogP contribution in [0.2, 0.25) is 0 Å². The molecular formula is C17H25N5O4. The van der Waals surface area contributed by atoms with E-state index in [1.165, 1.54) is 0 Å². The van der Waals surface area contributed by atoms with Crippen LogP contribution in [0.5, 0.6) is 0 Å². The van der Waals surface area contributed by atoms with E-state index in [2.05, 4.69) is 26.0 Å². The van der Waals surface area contributed by atoms with Crippen LogP contribution in [-0.4, -0.2) is 54.6 Å². The van der Waals surface area contributed by atoms with Crippen molar-refractivity contribution in [3.05, 3.63) is 29.6 Å². The quantitative estimate of drug-likeness (QED) is 0.359. The summed E-state index contributed by atoms with van der Waals surface area (Å²) in [5, 5.41) is 8.22. The molecule has 0 unspecified atom stereocenters. The Bertz CT molecular complexity index is 620. The third kappa shape index (κ3) is 7.73. The fourth-order valence-electron chi connectivity index (χ4n) is 1.82. The molecule has 0 aliphatic carbocycles. The minimum Gasteiger partial charge on any atom is -0.465 e. The fraction of sp³-hybridized carbons (Fsp3) is 0.471. The Morgan fingerprint density at radius 3 is 1.73 bits per heavy atom. The van der Waals surface area contributed by atoms with E-state index < -0.39 is 0 Å². The summed E-state index contributed by atoms with van der Waals surface area (Å²) in [7, 11) is 0. The molecule has 0 atom stereocenters. The lowest BCUT2D eigenvalue weighted by Gasteiger charge is -2.06. The van der Waals surface area contributed by atoms with Crippen molar-refractivity contribution in [2.75, 3.05) is 26.3 Å². The summed E-state index contributed by atoms with van der Waals surface area (Å²) in [6, 6.07) is 5.42. The van der Waals surface area contributed by atoms with E-state index in [0.29, 0.717) is 36.0 Å². The lowest BCUT2D eigenvalue weighted by Crippen LogP contribution is -2.22. The van der Waals surface area contributed by atoms with Crippen LogP contribution in [0.3, 0.4) is 0 Å². The Hall–Kier alpha value is -2.97. The molecule has 0 fully saturated rings. The number of rotatable bonds is 10. The molecule has 1 heterocycles. The summed E-state index contributed by atoms with van der Waals surface area (Å²) in [4.78, 5) is 27.0. The smallest absolute Gasteiger partial charge is 0.327 e. The predicted molar refractivity (Wildman–Crippen MR) is 97.9 cm³/mol. The highest BCUT2D eigenvalue weighted by Crippen LogP contribution is 2.02. The van der Waals surface area contributed by atoms with Gasteiger partial charge in [0.05, 0.1) is 36.0 Å². The van der Waals surface area contributed by atoms with Gasteiger partial charge in [-0.05, 0) is 39.8 Å². The molecular weight excluding hydrogens is 338 g/mol. The third-order valence-corrected chi connectivity index (χ3v) is 3.04. The first-order valence-electron chi connectivity index (χ1n) is 8.31. The number of nitrogens with zero attached hydrogens (tertiary/aromatic N) is 3. The molecule has 0 saturated heterocycles. The van der Waals surface area contributed by atoms with Gasteiger partial charge in [0.25, 0.3) is 0 Å². The van der Waals surface area contributed by atoms with Crippen LogP contribution >= 0.6 is 0 Å². The van der Waals surface area contributed by atoms with Gasteiger partial charge in [-0.25, -0.2) is 4.98 Å². The van der Waals surface area contributed by atoms with Crippen molar-refractivity contribution in [2.45, 2.75) is 27.7 Å². The minimum atomic E-state index is -0.374. The van der Waals surface area contributed by atoms with Gasteiger partial charge in [0.1, 0.15) is 13.1 Å². The maximum absolute atomic E-state index is 11.3. The first kappa shape index (κ1) is 21.1. The zero-order valence-corrected chi connectivity index (χ0v) is 15.5. The second-order valence-corrected chi connectivity index (χ2v) is 5.08. The van der Waals surface area contributed by atoms with Gasteiger partial charge in [0, 0.05) is 0 Å². The fourth-order valence-corrected chi connectivity index (χ4v) is 1.82. The highest BCUT2D eigenvalue weighted by Gasteiger charge is 2.06. The SMILES string of the molecule is CCOC(=O)CN/N=C(\C)c1cccc(/C(C)=N/NCC(=O)OCC)n1. The maximum atomic E-state index is 11.3. The van der Waals surface area contributed by atoms with Gasteiger partial charge in [-0.15, -0.1) is 0 Å². The molecule has 0 aliphatic heterocycles. The lowest BCUT2D eigenvalue weighted by atomic mass is 10.2. The average molecular weight is 363 g/mol. The molecule has 0 radical (unpaired) electrons. The van der Waals surface area contributed by atoms with Crippen LogP contribution < -0.4 is 10.9 Å². The van der Waals surface area contributed by atoms with Gasteiger partial charge < -0.3 is 9.47 Å². The number of esters is 2. The van der Waals surface area contributed by atoms with Crippen molar-refractivity contribution < 1.29 is 19.1 Å². The number of nitrogens with one attached hydrogen (secondary N) is 2. The number of hydrogen-bond donors (Lipinski definition) is 2. The number of carbonyl (C=O) groups is 2. The van der Waals surface area contributed by atoms with Gasteiger partial charge in [-0.1, -0.05) is 6.07 Å². The van der Waals surface area contributed by atoms with E-state index >= 15 is 0 Å². The Kier molecular flexibility index (Phi) is 9.37. The molecule has 0 aliphatic rings. The third-order valence-electron chi connectivity index (χ3n) is 3.04. The van der Waals surface area contributed by atoms with Crippen molar-refractivity contribution in [1.29, 1.82) is 0 Å². The molecule has 9 nitrogen and oxygen atoms in total. The normalized spacial score (nSPS) is 11.7. The van der Waals surface area contributed by atoms with Gasteiger partial charge in [0.2, 0.25) is 0 Å². The van der Waals surface area contributed by atoms with E-state index in [1.807, 2.05) is 6.07 Å². The van der Waals surface area contributed by atoms with Crippen molar-refractivity contribution >= 4 is 23.4 Å². The molecule has 142 valence electrons. The number of aromatic nitrogens is 1. The Morgan fingerprint density at radius 1 is 0.923 bits per heavy atom. The van der Waals surface area contributed by atoms with Crippen LogP contribution in [0.15, 0.2) is 28.4 Å².